The molecule has 1 unspecified atom stereocenters. The van der Waals surface area contributed by atoms with Gasteiger partial charge in [-0.2, -0.15) is 9.78 Å². The molecule has 0 radical (unpaired) electrons. The second kappa shape index (κ2) is 4.74. The molecule has 0 spiro atoms. The number of carbonyl (C=O) groups is 1. The molecule has 0 bridgehead atoms. The number of rotatable bonds is 3. The summed E-state index contributed by atoms with van der Waals surface area (Å²) in [5, 5.41) is 7.34. The van der Waals surface area contributed by atoms with Gasteiger partial charge in [0.15, 0.2) is 5.84 Å². The van der Waals surface area contributed by atoms with Crippen LogP contribution in [0, 0.1) is 5.92 Å². The number of allylic oxidation sites excluding steroid dienone is 3. The summed E-state index contributed by atoms with van der Waals surface area (Å²) < 4.78 is 1.70. The van der Waals surface area contributed by atoms with E-state index in [0.717, 1.165) is 18.5 Å². The zero-order chi connectivity index (χ0) is 14.2. The van der Waals surface area contributed by atoms with Crippen LogP contribution in [0.15, 0.2) is 35.5 Å². The van der Waals surface area contributed by atoms with Gasteiger partial charge in [-0.1, -0.05) is 26.0 Å². The fourth-order valence-electron chi connectivity index (χ4n) is 2.18. The Morgan fingerprint density at radius 1 is 1.45 bits per heavy atom. The Kier molecular flexibility index (Phi) is 3.04. The summed E-state index contributed by atoms with van der Waals surface area (Å²) in [6.45, 7) is 4.28. The van der Waals surface area contributed by atoms with Crippen molar-refractivity contribution in [1.29, 1.82) is 0 Å². The van der Waals surface area contributed by atoms with Crippen molar-refractivity contribution in [3.05, 3.63) is 36.2 Å². The SMILES string of the molecule is CC1C=CN=C(n2nc(C3(C)CC3)cc2NC=O)C=C1. The standard InChI is InChI=1S/C15H18N4O/c1-11-3-4-13(16-8-5-11)19-14(17-10-20)9-12(18-19)15(2)6-7-15/h3-5,8-11H,6-7H2,1-2H3,(H,17,20). The predicted octanol–water partition coefficient (Wildman–Crippen LogP) is 2.47. The summed E-state index contributed by atoms with van der Waals surface area (Å²) >= 11 is 0. The molecule has 1 atom stereocenters. The Bertz CT molecular complexity index is 620. The fourth-order valence-corrected chi connectivity index (χ4v) is 2.18. The maximum absolute atomic E-state index is 10.8. The van der Waals surface area contributed by atoms with Gasteiger partial charge >= 0.3 is 0 Å². The normalized spacial score (nSPS) is 23.1. The summed E-state index contributed by atoms with van der Waals surface area (Å²) in [7, 11) is 0. The van der Waals surface area contributed by atoms with E-state index < -0.39 is 0 Å². The summed E-state index contributed by atoms with van der Waals surface area (Å²) in [5.74, 6) is 1.72. The largest absolute Gasteiger partial charge is 0.313 e. The van der Waals surface area contributed by atoms with Crippen LogP contribution in [0.3, 0.4) is 0 Å². The van der Waals surface area contributed by atoms with Crippen LogP contribution in [0.1, 0.15) is 32.4 Å². The highest BCUT2D eigenvalue weighted by Gasteiger charge is 2.42. The van der Waals surface area contributed by atoms with E-state index in [1.165, 1.54) is 0 Å². The minimum absolute atomic E-state index is 0.155. The number of amides is 1. The molecule has 20 heavy (non-hydrogen) atoms. The van der Waals surface area contributed by atoms with Crippen LogP contribution >= 0.6 is 0 Å². The van der Waals surface area contributed by atoms with Crippen LogP contribution in [-0.2, 0) is 10.2 Å². The van der Waals surface area contributed by atoms with Gasteiger partial charge in [-0.25, -0.2) is 4.99 Å². The molecule has 1 aliphatic carbocycles. The van der Waals surface area contributed by atoms with Gasteiger partial charge in [0, 0.05) is 17.7 Å². The number of nitrogens with one attached hydrogen (secondary N) is 1. The minimum atomic E-state index is 0.155. The van der Waals surface area contributed by atoms with E-state index in [1.807, 2.05) is 18.2 Å². The van der Waals surface area contributed by atoms with E-state index >= 15 is 0 Å². The molecule has 1 saturated carbocycles. The van der Waals surface area contributed by atoms with Gasteiger partial charge in [-0.05, 0) is 24.8 Å². The topological polar surface area (TPSA) is 59.3 Å². The average molecular weight is 270 g/mol. The second-order valence-corrected chi connectivity index (χ2v) is 5.70. The average Bonchev–Trinajstić information content (AvgIpc) is 3.09. The Labute approximate surface area is 118 Å². The Hall–Kier alpha value is -2.17. The number of nitrogens with zero attached hydrogens (tertiary/aromatic N) is 3. The molecule has 2 heterocycles. The van der Waals surface area contributed by atoms with Crippen molar-refractivity contribution in [2.75, 3.05) is 5.32 Å². The number of aliphatic imine (C=N–C) groups is 1. The lowest BCUT2D eigenvalue weighted by Crippen LogP contribution is -2.15. The zero-order valence-electron chi connectivity index (χ0n) is 11.7. The Balaban J connectivity index is 2.01. The van der Waals surface area contributed by atoms with Gasteiger partial charge in [0.2, 0.25) is 6.41 Å². The van der Waals surface area contributed by atoms with Gasteiger partial charge in [0.25, 0.3) is 0 Å². The van der Waals surface area contributed by atoms with Gasteiger partial charge in [0.05, 0.1) is 5.69 Å². The molecular formula is C15H18N4O. The number of anilines is 1. The van der Waals surface area contributed by atoms with Crippen molar-refractivity contribution in [3.8, 4) is 0 Å². The highest BCUT2D eigenvalue weighted by molar-refractivity contribution is 5.97. The maximum atomic E-state index is 10.8. The monoisotopic (exact) mass is 270 g/mol. The molecule has 1 N–H and O–H groups in total. The number of aromatic nitrogens is 2. The molecule has 3 rings (SSSR count). The smallest absolute Gasteiger partial charge is 0.212 e. The molecule has 5 heteroatoms. The molecule has 1 aromatic rings. The lowest BCUT2D eigenvalue weighted by molar-refractivity contribution is -0.105. The van der Waals surface area contributed by atoms with Crippen molar-refractivity contribution >= 4 is 18.1 Å². The first-order valence-electron chi connectivity index (χ1n) is 6.86. The molecule has 1 aromatic heterocycles. The number of hydrogen-bond acceptors (Lipinski definition) is 3. The third kappa shape index (κ3) is 2.31. The number of hydrogen-bond donors (Lipinski definition) is 1. The first-order chi connectivity index (χ1) is 9.62. The van der Waals surface area contributed by atoms with Crippen molar-refractivity contribution < 1.29 is 4.79 Å². The van der Waals surface area contributed by atoms with E-state index in [4.69, 9.17) is 0 Å². The quantitative estimate of drug-likeness (QED) is 0.858. The minimum Gasteiger partial charge on any atom is -0.313 e. The van der Waals surface area contributed by atoms with Crippen LogP contribution < -0.4 is 5.32 Å². The summed E-state index contributed by atoms with van der Waals surface area (Å²) in [4.78, 5) is 15.2. The molecule has 1 amide bonds. The van der Waals surface area contributed by atoms with Gasteiger partial charge in [0.1, 0.15) is 5.82 Å². The van der Waals surface area contributed by atoms with E-state index in [2.05, 4.69) is 35.3 Å². The van der Waals surface area contributed by atoms with Crippen molar-refractivity contribution in [1.82, 2.24) is 9.78 Å². The maximum Gasteiger partial charge on any atom is 0.212 e. The van der Waals surface area contributed by atoms with E-state index in [0.29, 0.717) is 24.0 Å². The Morgan fingerprint density at radius 2 is 2.25 bits per heavy atom. The molecule has 104 valence electrons. The van der Waals surface area contributed by atoms with Crippen molar-refractivity contribution in [2.24, 2.45) is 10.9 Å². The molecule has 0 saturated heterocycles. The third-order valence-electron chi connectivity index (χ3n) is 3.90. The first-order valence-corrected chi connectivity index (χ1v) is 6.86. The summed E-state index contributed by atoms with van der Waals surface area (Å²) in [5.41, 5.74) is 1.17. The number of carbonyl (C=O) groups excluding carboxylic acids is 1. The molecule has 0 aromatic carbocycles. The van der Waals surface area contributed by atoms with Crippen molar-refractivity contribution in [3.63, 3.8) is 0 Å². The first kappa shape index (κ1) is 12.8. The fraction of sp³-hybridized carbons (Fsp3) is 0.400. The Morgan fingerprint density at radius 3 is 2.95 bits per heavy atom. The van der Waals surface area contributed by atoms with Crippen LogP contribution in [0.4, 0.5) is 5.82 Å². The molecule has 1 aliphatic heterocycles. The van der Waals surface area contributed by atoms with Gasteiger partial charge < -0.3 is 5.32 Å². The summed E-state index contributed by atoms with van der Waals surface area (Å²) in [6.07, 6.45) is 10.8. The van der Waals surface area contributed by atoms with Gasteiger partial charge in [-0.3, -0.25) is 4.79 Å². The molecular weight excluding hydrogens is 252 g/mol. The molecule has 2 aliphatic rings. The molecule has 1 fully saturated rings. The highest BCUT2D eigenvalue weighted by atomic mass is 16.1. The van der Waals surface area contributed by atoms with E-state index in [-0.39, 0.29) is 5.41 Å². The predicted molar refractivity (Wildman–Crippen MR) is 78.8 cm³/mol. The van der Waals surface area contributed by atoms with Crippen molar-refractivity contribution in [2.45, 2.75) is 32.1 Å². The van der Waals surface area contributed by atoms with Crippen LogP contribution in [-0.4, -0.2) is 22.0 Å². The van der Waals surface area contributed by atoms with E-state index in [9.17, 15) is 4.79 Å². The lowest BCUT2D eigenvalue weighted by Gasteiger charge is -2.05. The summed E-state index contributed by atoms with van der Waals surface area (Å²) in [6, 6.07) is 1.94. The lowest BCUT2D eigenvalue weighted by atomic mass is 10.1. The zero-order valence-corrected chi connectivity index (χ0v) is 11.7. The van der Waals surface area contributed by atoms with Gasteiger partial charge in [-0.15, -0.1) is 0 Å². The third-order valence-corrected chi connectivity index (χ3v) is 3.90. The van der Waals surface area contributed by atoms with Crippen LogP contribution in [0.5, 0.6) is 0 Å². The molecule has 5 nitrogen and oxygen atoms in total. The van der Waals surface area contributed by atoms with Crippen LogP contribution in [0.2, 0.25) is 0 Å². The second-order valence-electron chi connectivity index (χ2n) is 5.70. The van der Waals surface area contributed by atoms with Crippen LogP contribution in [0.25, 0.3) is 0 Å². The van der Waals surface area contributed by atoms with E-state index in [1.54, 1.807) is 10.9 Å². The highest BCUT2D eigenvalue weighted by Crippen LogP contribution is 2.47.